The Kier molecular flexibility index (Phi) is 9.67. The second kappa shape index (κ2) is 14.1. The minimum atomic E-state index is -0.697. The van der Waals surface area contributed by atoms with E-state index in [1.165, 1.54) is 33.4 Å². The number of hydrogen-bond donors (Lipinski definition) is 0. The second-order valence-corrected chi connectivity index (χ2v) is 18.4. The summed E-state index contributed by atoms with van der Waals surface area (Å²) in [4.78, 5) is 12.7. The Morgan fingerprint density at radius 3 is 2.24 bits per heavy atom. The molecule has 6 heteroatoms. The van der Waals surface area contributed by atoms with Crippen LogP contribution in [0.5, 0.6) is 11.5 Å². The molecular weight excluding hydrogens is 894 g/mol. The van der Waals surface area contributed by atoms with Crippen LogP contribution in [-0.4, -0.2) is 16.4 Å². The summed E-state index contributed by atoms with van der Waals surface area (Å²) in [7, 11) is 0. The van der Waals surface area contributed by atoms with Crippen LogP contribution in [0.4, 0.5) is 17.2 Å². The van der Waals surface area contributed by atoms with Crippen molar-refractivity contribution in [2.45, 2.75) is 104 Å². The number of fused-ring (bicyclic) bond motifs is 7. The van der Waals surface area contributed by atoms with Crippen molar-refractivity contribution in [3.63, 3.8) is 0 Å². The zero-order valence-corrected chi connectivity index (χ0v) is 37.4. The zero-order chi connectivity index (χ0) is 40.1. The Hall–Kier alpha value is -4.99. The molecule has 0 unspecified atom stereocenters. The van der Waals surface area contributed by atoms with Crippen molar-refractivity contribution in [2.24, 2.45) is 4.99 Å². The third kappa shape index (κ3) is 6.42. The molecule has 0 amide bonds. The molecule has 296 valence electrons. The van der Waals surface area contributed by atoms with Crippen molar-refractivity contribution in [3.05, 3.63) is 166 Å². The van der Waals surface area contributed by atoms with Crippen molar-refractivity contribution < 1.29 is 30.5 Å². The average Bonchev–Trinajstić information content (AvgIpc) is 3.40. The number of pyridine rings is 1. The molecule has 0 bridgehead atoms. The summed E-state index contributed by atoms with van der Waals surface area (Å²) in [5, 5.41) is 0. The van der Waals surface area contributed by atoms with Crippen LogP contribution in [0, 0.1) is 19.1 Å². The second-order valence-electron chi connectivity index (χ2n) is 18.4. The summed E-state index contributed by atoms with van der Waals surface area (Å²) in [5.74, 6) is 2.92. The van der Waals surface area contributed by atoms with Gasteiger partial charge in [-0.15, -0.1) is 29.8 Å². The van der Waals surface area contributed by atoms with Crippen LogP contribution in [0.3, 0.4) is 0 Å². The van der Waals surface area contributed by atoms with Gasteiger partial charge in [0.05, 0.1) is 5.54 Å². The van der Waals surface area contributed by atoms with E-state index >= 15 is 0 Å². The third-order valence-electron chi connectivity index (χ3n) is 12.6. The van der Waals surface area contributed by atoms with Crippen LogP contribution in [0.1, 0.15) is 113 Å². The first kappa shape index (κ1) is 39.8. The molecule has 5 aromatic carbocycles. The number of rotatable bonds is 5. The number of anilines is 3. The van der Waals surface area contributed by atoms with Gasteiger partial charge in [0.1, 0.15) is 17.3 Å². The number of aryl methyl sites for hydroxylation is 1. The Balaban J connectivity index is 0.00000469. The maximum absolute atomic E-state index is 7.09. The van der Waals surface area contributed by atoms with E-state index in [0.717, 1.165) is 45.9 Å². The van der Waals surface area contributed by atoms with Gasteiger partial charge in [-0.25, -0.2) is 4.98 Å². The fraction of sp³-hybridized carbons (Fsp3) is 0.308. The molecular formula is C52H51N3O2Pt. The van der Waals surface area contributed by atoms with Crippen LogP contribution in [0.2, 0.25) is 0 Å². The van der Waals surface area contributed by atoms with Crippen molar-refractivity contribution in [1.29, 1.82) is 0 Å². The Bertz CT molecular complexity index is 2620. The molecule has 0 radical (unpaired) electrons. The first-order valence-electron chi connectivity index (χ1n) is 20.2. The number of benzene rings is 5. The van der Waals surface area contributed by atoms with Gasteiger partial charge < -0.3 is 14.4 Å². The standard InChI is InChI=1S/C52H51N3O2.Pt/c1-32(2)35-26-36(48-54-51(9)31-34-16-11-12-17-41(34)42-18-13-14-19-43(42)52(51,10)57-48)28-40(27-35)56-39-25-33(3)24-38(30-39)55-46-22-21-37(49(4,5)6)29-45(46)50(7,8)44-20-15-23-53-47(44)55;/h11-27,29,32H,31H2,1-10H3;/q-2;+2/t51-,52+;/m1./s1. The summed E-state index contributed by atoms with van der Waals surface area (Å²) in [6, 6.07) is 44.1. The van der Waals surface area contributed by atoms with Gasteiger partial charge >= 0.3 is 21.1 Å². The number of aliphatic imine (C=N–C) groups is 1. The van der Waals surface area contributed by atoms with E-state index in [1.807, 2.05) is 18.3 Å². The predicted molar refractivity (Wildman–Crippen MR) is 232 cm³/mol. The van der Waals surface area contributed by atoms with Gasteiger partial charge in [0.25, 0.3) is 0 Å². The fourth-order valence-corrected chi connectivity index (χ4v) is 9.06. The molecule has 5 nitrogen and oxygen atoms in total. The van der Waals surface area contributed by atoms with Crippen molar-refractivity contribution in [3.8, 4) is 22.6 Å². The van der Waals surface area contributed by atoms with Crippen molar-refractivity contribution >= 4 is 23.1 Å². The number of ether oxygens (including phenoxy) is 2. The van der Waals surface area contributed by atoms with Crippen LogP contribution in [-0.2, 0) is 48.7 Å². The van der Waals surface area contributed by atoms with Crippen molar-refractivity contribution in [1.82, 2.24) is 4.98 Å². The molecule has 9 rings (SSSR count). The largest absolute Gasteiger partial charge is 2.00 e. The maximum atomic E-state index is 7.09. The summed E-state index contributed by atoms with van der Waals surface area (Å²) in [6.07, 6.45) is 2.62. The van der Waals surface area contributed by atoms with Crippen molar-refractivity contribution in [2.75, 3.05) is 4.90 Å². The molecule has 6 aromatic rings. The Morgan fingerprint density at radius 2 is 1.48 bits per heavy atom. The van der Waals surface area contributed by atoms with E-state index in [4.69, 9.17) is 19.5 Å². The molecule has 3 heterocycles. The smallest absolute Gasteiger partial charge is 0.508 e. The van der Waals surface area contributed by atoms with E-state index in [2.05, 4.69) is 177 Å². The van der Waals surface area contributed by atoms with E-state index in [-0.39, 0.29) is 37.8 Å². The van der Waals surface area contributed by atoms with Gasteiger partial charge in [-0.2, -0.15) is 5.56 Å². The molecule has 58 heavy (non-hydrogen) atoms. The van der Waals surface area contributed by atoms with Gasteiger partial charge in [0.15, 0.2) is 0 Å². The van der Waals surface area contributed by atoms with E-state index in [0.29, 0.717) is 17.4 Å². The van der Waals surface area contributed by atoms with Gasteiger partial charge in [0.2, 0.25) is 0 Å². The predicted octanol–water partition coefficient (Wildman–Crippen LogP) is 13.0. The molecule has 2 atom stereocenters. The minimum Gasteiger partial charge on any atom is -0.508 e. The summed E-state index contributed by atoms with van der Waals surface area (Å²) >= 11 is 0. The zero-order valence-electron chi connectivity index (χ0n) is 35.2. The number of nitrogens with zero attached hydrogens (tertiary/aromatic N) is 3. The van der Waals surface area contributed by atoms with E-state index < -0.39 is 11.1 Å². The van der Waals surface area contributed by atoms with Crippen LogP contribution in [0.25, 0.3) is 11.1 Å². The topological polar surface area (TPSA) is 47.0 Å². The van der Waals surface area contributed by atoms with Gasteiger partial charge in [0, 0.05) is 46.3 Å². The van der Waals surface area contributed by atoms with E-state index in [9.17, 15) is 0 Å². The van der Waals surface area contributed by atoms with Gasteiger partial charge in [-0.05, 0) is 65.1 Å². The molecule has 0 N–H and O–H groups in total. The summed E-state index contributed by atoms with van der Waals surface area (Å²) in [5.41, 5.74) is 12.0. The summed E-state index contributed by atoms with van der Waals surface area (Å²) in [6.45, 7) is 22.3. The summed E-state index contributed by atoms with van der Waals surface area (Å²) < 4.78 is 13.9. The average molecular weight is 945 g/mol. The molecule has 1 aromatic heterocycles. The molecule has 0 saturated carbocycles. The first-order valence-corrected chi connectivity index (χ1v) is 20.2. The maximum Gasteiger partial charge on any atom is 2.00 e. The molecule has 2 aliphatic heterocycles. The number of hydrogen-bond acceptors (Lipinski definition) is 5. The molecule has 0 fully saturated rings. The molecule has 3 aliphatic rings. The number of aromatic nitrogens is 1. The van der Waals surface area contributed by atoms with Crippen LogP contribution < -0.4 is 9.64 Å². The third-order valence-corrected chi connectivity index (χ3v) is 12.6. The molecule has 1 aliphatic carbocycles. The molecule has 0 spiro atoms. The first-order chi connectivity index (χ1) is 27.1. The van der Waals surface area contributed by atoms with E-state index in [1.54, 1.807) is 0 Å². The normalized spacial score (nSPS) is 20.0. The van der Waals surface area contributed by atoms with Gasteiger partial charge in [-0.1, -0.05) is 146 Å². The quantitative estimate of drug-likeness (QED) is 0.162. The molecule has 0 saturated heterocycles. The fourth-order valence-electron chi connectivity index (χ4n) is 9.06. The van der Waals surface area contributed by atoms with Crippen LogP contribution in [0.15, 0.2) is 114 Å². The Labute approximate surface area is 358 Å². The van der Waals surface area contributed by atoms with Gasteiger partial charge in [-0.3, -0.25) is 4.99 Å². The SMILES string of the molecule is Cc1cc(Oc2[c-]c(C3=N[C@]4(C)Cc5ccccc5-c5ccccc5[C@]4(C)O3)cc(C(C)C)c2)[c-]c(N2c3ccc(C(C)(C)C)cc3C(C)(C)c3cccnc32)c1.[Pt+2]. The van der Waals surface area contributed by atoms with Crippen LogP contribution >= 0.6 is 0 Å². The minimum absolute atomic E-state index is 0. The monoisotopic (exact) mass is 944 g/mol. The Morgan fingerprint density at radius 1 is 0.776 bits per heavy atom.